The number of nitrogens with zero attached hydrogens (tertiary/aromatic N) is 5. The molecule has 0 fully saturated rings. The van der Waals surface area contributed by atoms with Crippen molar-refractivity contribution in [2.75, 3.05) is 11.4 Å². The van der Waals surface area contributed by atoms with Crippen LogP contribution in [0.4, 0.5) is 5.69 Å². The Kier molecular flexibility index (Phi) is 4.31. The molecule has 1 aliphatic heterocycles. The van der Waals surface area contributed by atoms with Gasteiger partial charge in [0.2, 0.25) is 0 Å². The smallest absolute Gasteiger partial charge is 0.328 e. The van der Waals surface area contributed by atoms with Crippen LogP contribution in [0.15, 0.2) is 30.6 Å². The van der Waals surface area contributed by atoms with Crippen LogP contribution in [0.1, 0.15) is 18.9 Å². The summed E-state index contributed by atoms with van der Waals surface area (Å²) in [5.41, 5.74) is 2.03. The Balaban J connectivity index is 1.65. The number of aryl methyl sites for hydroxylation is 1. The van der Waals surface area contributed by atoms with E-state index in [1.165, 1.54) is 11.0 Å². The van der Waals surface area contributed by atoms with Gasteiger partial charge in [0.05, 0.1) is 0 Å². The monoisotopic (exact) mass is 315 g/mol. The molecule has 0 bridgehead atoms. The molecule has 1 aromatic heterocycles. The number of aromatic nitrogens is 4. The third kappa shape index (κ3) is 3.36. The molecule has 0 spiro atoms. The molecule has 1 aliphatic rings. The van der Waals surface area contributed by atoms with Gasteiger partial charge in [-0.25, -0.2) is 4.68 Å². The molecule has 0 N–H and O–H groups in total. The van der Waals surface area contributed by atoms with Crippen LogP contribution in [0.25, 0.3) is 0 Å². The minimum Gasteiger partial charge on any atom is -0.451 e. The van der Waals surface area contributed by atoms with Gasteiger partial charge in [-0.05, 0) is 41.8 Å². The van der Waals surface area contributed by atoms with E-state index in [0.29, 0.717) is 6.54 Å². The molecule has 8 heteroatoms. The maximum Gasteiger partial charge on any atom is 0.328 e. The van der Waals surface area contributed by atoms with E-state index in [9.17, 15) is 9.59 Å². The fourth-order valence-corrected chi connectivity index (χ4v) is 2.65. The second-order valence-corrected chi connectivity index (χ2v) is 5.36. The highest BCUT2D eigenvalue weighted by Gasteiger charge is 2.28. The van der Waals surface area contributed by atoms with Crippen LogP contribution in [0.2, 0.25) is 0 Å². The molecule has 2 aromatic rings. The van der Waals surface area contributed by atoms with Gasteiger partial charge in [0.15, 0.2) is 6.10 Å². The van der Waals surface area contributed by atoms with Gasteiger partial charge < -0.3 is 9.64 Å². The normalized spacial score (nSPS) is 14.9. The number of esters is 1. The van der Waals surface area contributed by atoms with E-state index in [1.807, 2.05) is 24.3 Å². The first-order valence-electron chi connectivity index (χ1n) is 7.44. The number of carbonyl (C=O) groups excluding carboxylic acids is 2. The predicted molar refractivity (Wildman–Crippen MR) is 80.5 cm³/mol. The fourth-order valence-electron chi connectivity index (χ4n) is 2.65. The van der Waals surface area contributed by atoms with Crippen LogP contribution in [-0.2, 0) is 27.3 Å². The summed E-state index contributed by atoms with van der Waals surface area (Å²) < 4.78 is 6.45. The van der Waals surface area contributed by atoms with E-state index >= 15 is 0 Å². The Bertz CT molecular complexity index is 701. The molecule has 1 atom stereocenters. The van der Waals surface area contributed by atoms with Crippen LogP contribution >= 0.6 is 0 Å². The standard InChI is InChI=1S/C15H17N5O3/c1-11(23-14(21)9-19-10-16-17-18-19)15(22)20-8-4-6-12-5-2-3-7-13(12)20/h2-3,5,7,10-11H,4,6,8-9H2,1H3. The SMILES string of the molecule is CC(OC(=O)Cn1cnnn1)C(=O)N1CCCc2ccccc21. The molecule has 120 valence electrons. The molecule has 0 saturated heterocycles. The Morgan fingerprint density at radius 3 is 2.96 bits per heavy atom. The third-order valence-corrected chi connectivity index (χ3v) is 3.71. The highest BCUT2D eigenvalue weighted by atomic mass is 16.5. The van der Waals surface area contributed by atoms with Gasteiger partial charge in [0.25, 0.3) is 5.91 Å². The number of hydrogen-bond acceptors (Lipinski definition) is 6. The van der Waals surface area contributed by atoms with Gasteiger partial charge in [-0.2, -0.15) is 0 Å². The molecule has 2 heterocycles. The second-order valence-electron chi connectivity index (χ2n) is 5.36. The van der Waals surface area contributed by atoms with Crippen LogP contribution < -0.4 is 4.90 Å². The largest absolute Gasteiger partial charge is 0.451 e. The number of para-hydroxylation sites is 1. The predicted octanol–water partition coefficient (Wildman–Crippen LogP) is 0.584. The number of carbonyl (C=O) groups is 2. The van der Waals surface area contributed by atoms with Gasteiger partial charge in [-0.3, -0.25) is 9.59 Å². The lowest BCUT2D eigenvalue weighted by Crippen LogP contribution is -2.43. The number of benzene rings is 1. The van der Waals surface area contributed by atoms with Crippen molar-refractivity contribution < 1.29 is 14.3 Å². The maximum atomic E-state index is 12.6. The van der Waals surface area contributed by atoms with Crippen LogP contribution in [0.5, 0.6) is 0 Å². The van der Waals surface area contributed by atoms with Crippen molar-refractivity contribution in [2.45, 2.75) is 32.4 Å². The number of rotatable bonds is 4. The zero-order valence-electron chi connectivity index (χ0n) is 12.8. The second kappa shape index (κ2) is 6.55. The van der Waals surface area contributed by atoms with Crippen LogP contribution in [0.3, 0.4) is 0 Å². The zero-order chi connectivity index (χ0) is 16.2. The summed E-state index contributed by atoms with van der Waals surface area (Å²) in [4.78, 5) is 26.1. The summed E-state index contributed by atoms with van der Waals surface area (Å²) in [5.74, 6) is -0.773. The molecule has 8 nitrogen and oxygen atoms in total. The van der Waals surface area contributed by atoms with Crippen molar-refractivity contribution in [3.05, 3.63) is 36.2 Å². The number of tetrazole rings is 1. The van der Waals surface area contributed by atoms with Gasteiger partial charge in [0.1, 0.15) is 12.9 Å². The molecule has 1 aromatic carbocycles. The Hall–Kier alpha value is -2.77. The summed E-state index contributed by atoms with van der Waals surface area (Å²) >= 11 is 0. The van der Waals surface area contributed by atoms with E-state index in [0.717, 1.165) is 24.1 Å². The Labute approximate surface area is 133 Å². The highest BCUT2D eigenvalue weighted by molar-refractivity contribution is 5.98. The average molecular weight is 315 g/mol. The minimum atomic E-state index is -0.856. The third-order valence-electron chi connectivity index (χ3n) is 3.71. The minimum absolute atomic E-state index is 0.124. The molecule has 3 rings (SSSR count). The van der Waals surface area contributed by atoms with Gasteiger partial charge >= 0.3 is 5.97 Å². The lowest BCUT2D eigenvalue weighted by atomic mass is 10.0. The molecule has 0 radical (unpaired) electrons. The van der Waals surface area contributed by atoms with Gasteiger partial charge in [0, 0.05) is 12.2 Å². The van der Waals surface area contributed by atoms with Crippen molar-refractivity contribution in [1.29, 1.82) is 0 Å². The summed E-state index contributed by atoms with van der Waals surface area (Å²) in [7, 11) is 0. The zero-order valence-corrected chi connectivity index (χ0v) is 12.8. The van der Waals surface area contributed by atoms with Crippen molar-refractivity contribution >= 4 is 17.6 Å². The Morgan fingerprint density at radius 1 is 1.35 bits per heavy atom. The van der Waals surface area contributed by atoms with Crippen molar-refractivity contribution in [1.82, 2.24) is 20.2 Å². The van der Waals surface area contributed by atoms with E-state index in [1.54, 1.807) is 11.8 Å². The molecule has 1 amide bonds. The molecule has 23 heavy (non-hydrogen) atoms. The van der Waals surface area contributed by atoms with Crippen molar-refractivity contribution in [3.8, 4) is 0 Å². The molecule has 0 aliphatic carbocycles. The molecule has 0 saturated carbocycles. The van der Waals surface area contributed by atoms with Crippen molar-refractivity contribution in [3.63, 3.8) is 0 Å². The fraction of sp³-hybridized carbons (Fsp3) is 0.400. The Morgan fingerprint density at radius 2 is 2.17 bits per heavy atom. The summed E-state index contributed by atoms with van der Waals surface area (Å²) in [6, 6.07) is 7.80. The number of hydrogen-bond donors (Lipinski definition) is 0. The van der Waals surface area contributed by atoms with Crippen LogP contribution in [-0.4, -0.2) is 44.7 Å². The topological polar surface area (TPSA) is 90.2 Å². The number of amides is 1. The highest BCUT2D eigenvalue weighted by Crippen LogP contribution is 2.27. The summed E-state index contributed by atoms with van der Waals surface area (Å²) in [5, 5.41) is 10.5. The summed E-state index contributed by atoms with van der Waals surface area (Å²) in [6.07, 6.45) is 2.31. The number of fused-ring (bicyclic) bond motifs is 1. The maximum absolute atomic E-state index is 12.6. The average Bonchev–Trinajstić information content (AvgIpc) is 3.06. The molecule has 1 unspecified atom stereocenters. The van der Waals surface area contributed by atoms with Gasteiger partial charge in [-0.1, -0.05) is 18.2 Å². The quantitative estimate of drug-likeness (QED) is 0.767. The van der Waals surface area contributed by atoms with E-state index in [-0.39, 0.29) is 12.5 Å². The van der Waals surface area contributed by atoms with E-state index < -0.39 is 12.1 Å². The number of ether oxygens (including phenoxy) is 1. The van der Waals surface area contributed by atoms with E-state index in [4.69, 9.17) is 4.74 Å². The first-order valence-corrected chi connectivity index (χ1v) is 7.44. The van der Waals surface area contributed by atoms with Gasteiger partial charge in [-0.15, -0.1) is 5.10 Å². The lowest BCUT2D eigenvalue weighted by Gasteiger charge is -2.31. The first-order chi connectivity index (χ1) is 11.1. The first kappa shape index (κ1) is 15.1. The molecular formula is C15H17N5O3. The molecular weight excluding hydrogens is 298 g/mol. The van der Waals surface area contributed by atoms with E-state index in [2.05, 4.69) is 15.5 Å². The van der Waals surface area contributed by atoms with Crippen molar-refractivity contribution in [2.24, 2.45) is 0 Å². The van der Waals surface area contributed by atoms with Crippen LogP contribution in [0, 0.1) is 0 Å². The summed E-state index contributed by atoms with van der Waals surface area (Å²) in [6.45, 7) is 2.09. The lowest BCUT2D eigenvalue weighted by molar-refractivity contribution is -0.154. The number of anilines is 1.